The van der Waals surface area contributed by atoms with Crippen LogP contribution in [-0.4, -0.2) is 37.9 Å². The summed E-state index contributed by atoms with van der Waals surface area (Å²) < 4.78 is 31.6. The lowest BCUT2D eigenvalue weighted by atomic mass is 10.2. The van der Waals surface area contributed by atoms with Crippen molar-refractivity contribution in [3.63, 3.8) is 0 Å². The lowest BCUT2D eigenvalue weighted by Crippen LogP contribution is -2.43. The Balaban J connectivity index is 2.53. The zero-order valence-electron chi connectivity index (χ0n) is 9.31. The van der Waals surface area contributed by atoms with Gasteiger partial charge in [0.15, 0.2) is 0 Å². The molecule has 0 aromatic heterocycles. The number of rotatable bonds is 5. The summed E-state index contributed by atoms with van der Waals surface area (Å²) in [5.41, 5.74) is 5.37. The van der Waals surface area contributed by atoms with E-state index in [4.69, 9.17) is 22.7 Å². The molecule has 16 heavy (non-hydrogen) atoms. The fraction of sp³-hybridized carbons (Fsp3) is 0.889. The van der Waals surface area contributed by atoms with Crippen LogP contribution in [0.3, 0.4) is 0 Å². The first kappa shape index (κ1) is 13.8. The van der Waals surface area contributed by atoms with Crippen molar-refractivity contribution in [3.8, 4) is 0 Å². The van der Waals surface area contributed by atoms with Crippen molar-refractivity contribution < 1.29 is 13.2 Å². The first-order valence-corrected chi connectivity index (χ1v) is 7.24. The molecule has 1 heterocycles. The molecule has 3 N–H and O–H groups in total. The molecule has 1 atom stereocenters. The van der Waals surface area contributed by atoms with Crippen LogP contribution in [0.1, 0.15) is 26.2 Å². The minimum atomic E-state index is -3.27. The van der Waals surface area contributed by atoms with Crippen molar-refractivity contribution in [2.24, 2.45) is 5.73 Å². The normalized spacial score (nSPS) is 20.6. The van der Waals surface area contributed by atoms with Crippen LogP contribution < -0.4 is 10.5 Å². The number of ether oxygens (including phenoxy) is 1. The highest BCUT2D eigenvalue weighted by Crippen LogP contribution is 2.15. The zero-order chi connectivity index (χ0) is 12.2. The van der Waals surface area contributed by atoms with Gasteiger partial charge in [-0.15, -0.1) is 0 Å². The molecule has 0 amide bonds. The Hall–Kier alpha value is -0.240. The Bertz CT molecular complexity index is 337. The van der Waals surface area contributed by atoms with Gasteiger partial charge in [-0.25, -0.2) is 13.1 Å². The van der Waals surface area contributed by atoms with Crippen molar-refractivity contribution in [1.82, 2.24) is 4.72 Å². The average Bonchev–Trinajstić information content (AvgIpc) is 2.16. The van der Waals surface area contributed by atoms with Crippen LogP contribution in [0.4, 0.5) is 0 Å². The van der Waals surface area contributed by atoms with Crippen LogP contribution in [0.25, 0.3) is 0 Å². The summed E-state index contributed by atoms with van der Waals surface area (Å²) >= 11 is 4.74. The van der Waals surface area contributed by atoms with Gasteiger partial charge < -0.3 is 10.5 Å². The number of sulfonamides is 1. The molecule has 0 spiro atoms. The van der Waals surface area contributed by atoms with Crippen molar-refractivity contribution in [2.75, 3.05) is 13.2 Å². The average molecular weight is 266 g/mol. The number of nitrogens with one attached hydrogen (secondary N) is 1. The fourth-order valence-electron chi connectivity index (χ4n) is 1.71. The quantitative estimate of drug-likeness (QED) is 0.692. The molecular weight excluding hydrogens is 248 g/mol. The number of nitrogens with two attached hydrogens (primary N) is 1. The third kappa shape index (κ3) is 4.32. The molecule has 1 aliphatic heterocycles. The maximum Gasteiger partial charge on any atom is 0.214 e. The van der Waals surface area contributed by atoms with Gasteiger partial charge in [0.1, 0.15) is 0 Å². The summed E-state index contributed by atoms with van der Waals surface area (Å²) in [6, 6.07) is -0.245. The van der Waals surface area contributed by atoms with Gasteiger partial charge in [0.05, 0.1) is 10.2 Å². The molecule has 1 unspecified atom stereocenters. The molecule has 5 nitrogen and oxygen atoms in total. The molecule has 1 fully saturated rings. The molecule has 1 aliphatic rings. The summed E-state index contributed by atoms with van der Waals surface area (Å²) in [6.45, 7) is 2.78. The Labute approximate surface area is 102 Å². The van der Waals surface area contributed by atoms with Crippen molar-refractivity contribution >= 4 is 27.2 Å². The van der Waals surface area contributed by atoms with E-state index in [-0.39, 0.29) is 11.3 Å². The number of thiocarbonyl (C=S) groups is 1. The predicted octanol–water partition coefficient (Wildman–Crippen LogP) is 0.150. The second-order valence-electron chi connectivity index (χ2n) is 4.05. The maximum absolute atomic E-state index is 11.9. The van der Waals surface area contributed by atoms with Crippen LogP contribution in [0.2, 0.25) is 0 Å². The fourth-order valence-corrected chi connectivity index (χ4v) is 3.61. The Morgan fingerprint density at radius 1 is 1.56 bits per heavy atom. The van der Waals surface area contributed by atoms with E-state index in [0.717, 1.165) is 0 Å². The summed E-state index contributed by atoms with van der Waals surface area (Å²) in [5.74, 6) is 0. The first-order valence-electron chi connectivity index (χ1n) is 5.29. The first-order chi connectivity index (χ1) is 7.42. The summed E-state index contributed by atoms with van der Waals surface area (Å²) in [5, 5.41) is -0.352. The van der Waals surface area contributed by atoms with Gasteiger partial charge in [0.25, 0.3) is 0 Å². The van der Waals surface area contributed by atoms with E-state index < -0.39 is 10.0 Å². The Kier molecular flexibility index (Phi) is 5.10. The Morgan fingerprint density at radius 3 is 2.62 bits per heavy atom. The van der Waals surface area contributed by atoms with E-state index in [9.17, 15) is 8.42 Å². The van der Waals surface area contributed by atoms with E-state index in [0.29, 0.717) is 37.5 Å². The molecule has 1 saturated heterocycles. The summed E-state index contributed by atoms with van der Waals surface area (Å²) in [4.78, 5) is 0.321. The van der Waals surface area contributed by atoms with Gasteiger partial charge in [-0.3, -0.25) is 0 Å². The van der Waals surface area contributed by atoms with E-state index >= 15 is 0 Å². The largest absolute Gasteiger partial charge is 0.393 e. The standard InChI is InChI=1S/C9H18N2O3S2/c1-7(6-9(10)15)11-16(12,13)8-2-4-14-5-3-8/h7-8,11H,2-6H2,1H3,(H2,10,15). The molecule has 94 valence electrons. The summed E-state index contributed by atoms with van der Waals surface area (Å²) in [7, 11) is -3.27. The van der Waals surface area contributed by atoms with Crippen LogP contribution in [0, 0.1) is 0 Å². The third-order valence-corrected chi connectivity index (χ3v) is 4.73. The maximum atomic E-state index is 11.9. The monoisotopic (exact) mass is 266 g/mol. The highest BCUT2D eigenvalue weighted by Gasteiger charge is 2.28. The van der Waals surface area contributed by atoms with Gasteiger partial charge in [0.2, 0.25) is 10.0 Å². The molecule has 1 rings (SSSR count). The highest BCUT2D eigenvalue weighted by molar-refractivity contribution is 7.90. The SMILES string of the molecule is CC(CC(N)=S)NS(=O)(=O)C1CCOCC1. The number of hydrogen-bond donors (Lipinski definition) is 2. The predicted molar refractivity (Wildman–Crippen MR) is 66.8 cm³/mol. The molecule has 0 aromatic carbocycles. The summed E-state index contributed by atoms with van der Waals surface area (Å²) in [6.07, 6.45) is 1.49. The van der Waals surface area contributed by atoms with Crippen molar-refractivity contribution in [1.29, 1.82) is 0 Å². The van der Waals surface area contributed by atoms with Crippen LogP contribution >= 0.6 is 12.2 Å². The number of hydrogen-bond acceptors (Lipinski definition) is 4. The van der Waals surface area contributed by atoms with E-state index in [2.05, 4.69) is 4.72 Å². The van der Waals surface area contributed by atoms with Gasteiger partial charge >= 0.3 is 0 Å². The van der Waals surface area contributed by atoms with Gasteiger partial charge in [-0.1, -0.05) is 12.2 Å². The second-order valence-corrected chi connectivity index (χ2v) is 6.56. The molecule has 0 radical (unpaired) electrons. The lowest BCUT2D eigenvalue weighted by Gasteiger charge is -2.24. The molecule has 0 aromatic rings. The van der Waals surface area contributed by atoms with Crippen LogP contribution in [-0.2, 0) is 14.8 Å². The van der Waals surface area contributed by atoms with E-state index in [1.54, 1.807) is 6.92 Å². The van der Waals surface area contributed by atoms with Crippen molar-refractivity contribution in [2.45, 2.75) is 37.5 Å². The van der Waals surface area contributed by atoms with Gasteiger partial charge in [-0.2, -0.15) is 0 Å². The van der Waals surface area contributed by atoms with Gasteiger partial charge in [0, 0.05) is 25.7 Å². The van der Waals surface area contributed by atoms with Crippen LogP contribution in [0.15, 0.2) is 0 Å². The smallest absolute Gasteiger partial charge is 0.214 e. The molecule has 0 bridgehead atoms. The molecule has 0 aliphatic carbocycles. The zero-order valence-corrected chi connectivity index (χ0v) is 10.9. The third-order valence-electron chi connectivity index (χ3n) is 2.48. The van der Waals surface area contributed by atoms with Gasteiger partial charge in [-0.05, 0) is 19.8 Å². The topological polar surface area (TPSA) is 81.4 Å². The highest BCUT2D eigenvalue weighted by atomic mass is 32.2. The molecule has 7 heteroatoms. The molecule has 0 saturated carbocycles. The second kappa shape index (κ2) is 5.90. The van der Waals surface area contributed by atoms with E-state index in [1.807, 2.05) is 0 Å². The van der Waals surface area contributed by atoms with Crippen molar-refractivity contribution in [3.05, 3.63) is 0 Å². The minimum absolute atomic E-state index is 0.245. The van der Waals surface area contributed by atoms with E-state index in [1.165, 1.54) is 0 Å². The van der Waals surface area contributed by atoms with Crippen LogP contribution in [0.5, 0.6) is 0 Å². The minimum Gasteiger partial charge on any atom is -0.393 e. The molecular formula is C9H18N2O3S2. The lowest BCUT2D eigenvalue weighted by molar-refractivity contribution is 0.0981. The Morgan fingerprint density at radius 2 is 2.12 bits per heavy atom.